The lowest BCUT2D eigenvalue weighted by Gasteiger charge is -2.06. The molecule has 0 aliphatic heterocycles. The first-order chi connectivity index (χ1) is 8.78. The Labute approximate surface area is 109 Å². The van der Waals surface area contributed by atoms with E-state index in [-0.39, 0.29) is 0 Å². The lowest BCUT2D eigenvalue weighted by molar-refractivity contribution is 1.19. The van der Waals surface area contributed by atoms with Crippen LogP contribution in [0.4, 0.5) is 5.82 Å². The van der Waals surface area contributed by atoms with Crippen molar-refractivity contribution >= 4 is 27.4 Å². The van der Waals surface area contributed by atoms with Gasteiger partial charge in [-0.25, -0.2) is 9.97 Å². The molecule has 0 spiro atoms. The van der Waals surface area contributed by atoms with E-state index in [0.717, 1.165) is 27.6 Å². The molecule has 0 saturated heterocycles. The minimum atomic E-state index is 0.781. The molecule has 0 unspecified atom stereocenters. The van der Waals surface area contributed by atoms with Crippen molar-refractivity contribution in [1.29, 1.82) is 0 Å². The molecule has 1 aromatic carbocycles. The Morgan fingerprint density at radius 3 is 2.83 bits per heavy atom. The molecular formula is C13H12N4S. The van der Waals surface area contributed by atoms with Gasteiger partial charge in [-0.3, -0.25) is 4.98 Å². The molecule has 0 aliphatic carbocycles. The predicted molar refractivity (Wildman–Crippen MR) is 74.9 cm³/mol. The van der Waals surface area contributed by atoms with Crippen molar-refractivity contribution in [3.8, 4) is 11.3 Å². The zero-order chi connectivity index (χ0) is 12.5. The van der Waals surface area contributed by atoms with E-state index in [1.54, 1.807) is 23.7 Å². The van der Waals surface area contributed by atoms with E-state index in [2.05, 4.69) is 38.5 Å². The second kappa shape index (κ2) is 4.34. The minimum Gasteiger partial charge on any atom is -0.371 e. The summed E-state index contributed by atoms with van der Waals surface area (Å²) in [7, 11) is 1.85. The van der Waals surface area contributed by atoms with Gasteiger partial charge in [0.1, 0.15) is 5.69 Å². The third-order valence-corrected chi connectivity index (χ3v) is 3.65. The number of thiazole rings is 1. The SMILES string of the molecule is CNc1nccnc1-c1ccc2sc(C)nc2c1. The van der Waals surface area contributed by atoms with E-state index in [1.165, 1.54) is 4.70 Å². The molecule has 4 nitrogen and oxygen atoms in total. The Morgan fingerprint density at radius 1 is 1.17 bits per heavy atom. The third-order valence-electron chi connectivity index (χ3n) is 2.70. The van der Waals surface area contributed by atoms with E-state index in [1.807, 2.05) is 14.0 Å². The summed E-state index contributed by atoms with van der Waals surface area (Å²) in [6.45, 7) is 2.02. The van der Waals surface area contributed by atoms with Crippen LogP contribution in [0.5, 0.6) is 0 Å². The highest BCUT2D eigenvalue weighted by molar-refractivity contribution is 7.18. The van der Waals surface area contributed by atoms with Crippen molar-refractivity contribution in [3.63, 3.8) is 0 Å². The summed E-state index contributed by atoms with van der Waals surface area (Å²) in [4.78, 5) is 13.2. The number of aryl methyl sites for hydroxylation is 1. The fraction of sp³-hybridized carbons (Fsp3) is 0.154. The molecule has 1 N–H and O–H groups in total. The zero-order valence-corrected chi connectivity index (χ0v) is 11.0. The average molecular weight is 256 g/mol. The molecule has 0 aliphatic rings. The number of hydrogen-bond acceptors (Lipinski definition) is 5. The van der Waals surface area contributed by atoms with Crippen molar-refractivity contribution in [3.05, 3.63) is 35.6 Å². The van der Waals surface area contributed by atoms with Crippen LogP contribution in [0.3, 0.4) is 0 Å². The molecule has 0 amide bonds. The molecule has 0 bridgehead atoms. The minimum absolute atomic E-state index is 0.781. The van der Waals surface area contributed by atoms with Crippen LogP contribution in [0.15, 0.2) is 30.6 Å². The number of rotatable bonds is 2. The van der Waals surface area contributed by atoms with Gasteiger partial charge in [0, 0.05) is 25.0 Å². The van der Waals surface area contributed by atoms with Crippen LogP contribution < -0.4 is 5.32 Å². The number of hydrogen-bond donors (Lipinski definition) is 1. The molecule has 2 aromatic heterocycles. The summed E-state index contributed by atoms with van der Waals surface area (Å²) in [5.41, 5.74) is 2.90. The average Bonchev–Trinajstić information content (AvgIpc) is 2.77. The number of nitrogens with zero attached hydrogens (tertiary/aromatic N) is 3. The lowest BCUT2D eigenvalue weighted by atomic mass is 10.1. The molecule has 18 heavy (non-hydrogen) atoms. The van der Waals surface area contributed by atoms with E-state index < -0.39 is 0 Å². The smallest absolute Gasteiger partial charge is 0.152 e. The molecule has 0 atom stereocenters. The van der Waals surface area contributed by atoms with Gasteiger partial charge in [-0.15, -0.1) is 11.3 Å². The van der Waals surface area contributed by atoms with Crippen LogP contribution >= 0.6 is 11.3 Å². The van der Waals surface area contributed by atoms with Crippen molar-refractivity contribution < 1.29 is 0 Å². The Kier molecular flexibility index (Phi) is 2.68. The number of benzene rings is 1. The number of nitrogens with one attached hydrogen (secondary N) is 1. The summed E-state index contributed by atoms with van der Waals surface area (Å²) in [6, 6.07) is 6.21. The Morgan fingerprint density at radius 2 is 2.00 bits per heavy atom. The van der Waals surface area contributed by atoms with Gasteiger partial charge in [0.15, 0.2) is 5.82 Å². The van der Waals surface area contributed by atoms with E-state index in [4.69, 9.17) is 0 Å². The Balaban J connectivity index is 2.18. The highest BCUT2D eigenvalue weighted by Gasteiger charge is 2.08. The zero-order valence-electron chi connectivity index (χ0n) is 10.1. The third kappa shape index (κ3) is 1.82. The molecule has 5 heteroatoms. The van der Waals surface area contributed by atoms with Crippen LogP contribution in [-0.2, 0) is 0 Å². The molecule has 0 fully saturated rings. The van der Waals surface area contributed by atoms with Crippen molar-refractivity contribution in [2.45, 2.75) is 6.92 Å². The largest absolute Gasteiger partial charge is 0.371 e. The van der Waals surface area contributed by atoms with Gasteiger partial charge < -0.3 is 5.32 Å². The molecule has 0 saturated carbocycles. The maximum Gasteiger partial charge on any atom is 0.152 e. The van der Waals surface area contributed by atoms with Gasteiger partial charge in [-0.05, 0) is 19.1 Å². The topological polar surface area (TPSA) is 50.7 Å². The maximum atomic E-state index is 4.50. The van der Waals surface area contributed by atoms with Gasteiger partial charge in [0.25, 0.3) is 0 Å². The summed E-state index contributed by atoms with van der Waals surface area (Å²) in [5, 5.41) is 4.13. The number of anilines is 1. The second-order valence-electron chi connectivity index (χ2n) is 3.92. The van der Waals surface area contributed by atoms with Crippen LogP contribution in [0, 0.1) is 6.92 Å². The number of fused-ring (bicyclic) bond motifs is 1. The molecule has 90 valence electrons. The summed E-state index contributed by atoms with van der Waals surface area (Å²) >= 11 is 1.70. The molecule has 2 heterocycles. The molecule has 0 radical (unpaired) electrons. The molecule has 3 aromatic rings. The van der Waals surface area contributed by atoms with Crippen LogP contribution in [0.25, 0.3) is 21.5 Å². The van der Waals surface area contributed by atoms with E-state index in [0.29, 0.717) is 0 Å². The van der Waals surface area contributed by atoms with Crippen molar-refractivity contribution in [1.82, 2.24) is 15.0 Å². The summed E-state index contributed by atoms with van der Waals surface area (Å²) < 4.78 is 1.20. The van der Waals surface area contributed by atoms with Crippen molar-refractivity contribution in [2.75, 3.05) is 12.4 Å². The first kappa shape index (κ1) is 11.1. The highest BCUT2D eigenvalue weighted by atomic mass is 32.1. The Bertz CT molecular complexity index is 705. The highest BCUT2D eigenvalue weighted by Crippen LogP contribution is 2.29. The molecular weight excluding hydrogens is 244 g/mol. The fourth-order valence-electron chi connectivity index (χ4n) is 1.92. The quantitative estimate of drug-likeness (QED) is 0.765. The first-order valence-electron chi connectivity index (χ1n) is 5.64. The summed E-state index contributed by atoms with van der Waals surface area (Å²) in [6.07, 6.45) is 3.38. The van der Waals surface area contributed by atoms with Crippen LogP contribution in [0.1, 0.15) is 5.01 Å². The summed E-state index contributed by atoms with van der Waals surface area (Å²) in [5.74, 6) is 0.781. The van der Waals surface area contributed by atoms with Crippen molar-refractivity contribution in [2.24, 2.45) is 0 Å². The van der Waals surface area contributed by atoms with Gasteiger partial charge in [-0.1, -0.05) is 6.07 Å². The lowest BCUT2D eigenvalue weighted by Crippen LogP contribution is -1.97. The van der Waals surface area contributed by atoms with Crippen LogP contribution in [-0.4, -0.2) is 22.0 Å². The monoisotopic (exact) mass is 256 g/mol. The van der Waals surface area contributed by atoms with Crippen LogP contribution in [0.2, 0.25) is 0 Å². The van der Waals surface area contributed by atoms with E-state index in [9.17, 15) is 0 Å². The predicted octanol–water partition coefficient (Wildman–Crippen LogP) is 3.10. The maximum absolute atomic E-state index is 4.50. The van der Waals surface area contributed by atoms with Gasteiger partial charge in [0.05, 0.1) is 15.2 Å². The standard InChI is InChI=1S/C13H12N4S/c1-8-17-10-7-9(3-4-11(10)18-8)12-13(14-2)16-6-5-15-12/h3-7H,1-2H3,(H,14,16). The van der Waals surface area contributed by atoms with Gasteiger partial charge >= 0.3 is 0 Å². The second-order valence-corrected chi connectivity index (χ2v) is 5.15. The van der Waals surface area contributed by atoms with Gasteiger partial charge in [-0.2, -0.15) is 0 Å². The molecule has 3 rings (SSSR count). The fourth-order valence-corrected chi connectivity index (χ4v) is 2.73. The normalized spacial score (nSPS) is 10.8. The number of aromatic nitrogens is 3. The van der Waals surface area contributed by atoms with E-state index >= 15 is 0 Å². The Hall–Kier alpha value is -2.01. The van der Waals surface area contributed by atoms with Gasteiger partial charge in [0.2, 0.25) is 0 Å². The first-order valence-corrected chi connectivity index (χ1v) is 6.46.